The number of aryl methyl sites for hydroxylation is 2. The van der Waals surface area contributed by atoms with Crippen molar-refractivity contribution in [2.45, 2.75) is 40.7 Å². The molecule has 0 aliphatic rings. The molecule has 0 fully saturated rings. The molecule has 0 spiro atoms. The highest BCUT2D eigenvalue weighted by Gasteiger charge is 2.14. The zero-order chi connectivity index (χ0) is 16.4. The van der Waals surface area contributed by atoms with Gasteiger partial charge in [-0.2, -0.15) is 0 Å². The van der Waals surface area contributed by atoms with Crippen LogP contribution in [0.2, 0.25) is 0 Å². The summed E-state index contributed by atoms with van der Waals surface area (Å²) in [5, 5.41) is 3.91. The van der Waals surface area contributed by atoms with Crippen molar-refractivity contribution in [3.05, 3.63) is 35.1 Å². The Hall–Kier alpha value is -2.23. The average molecular weight is 301 g/mol. The number of allylic oxidation sites excluding steroid dienone is 1. The Bertz CT molecular complexity index is 738. The molecule has 0 aliphatic carbocycles. The summed E-state index contributed by atoms with van der Waals surface area (Å²) in [7, 11) is 1.62. The summed E-state index contributed by atoms with van der Waals surface area (Å²) in [5.41, 5.74) is 3.67. The van der Waals surface area contributed by atoms with Crippen LogP contribution in [-0.4, -0.2) is 19.1 Å². The number of benzene rings is 1. The molecule has 0 saturated heterocycles. The Labute approximate surface area is 131 Å². The van der Waals surface area contributed by atoms with Crippen LogP contribution >= 0.6 is 0 Å². The second-order valence-electron chi connectivity index (χ2n) is 5.82. The van der Waals surface area contributed by atoms with Gasteiger partial charge in [-0.15, -0.1) is 0 Å². The fraction of sp³-hybridized carbons (Fsp3) is 0.389. The van der Waals surface area contributed by atoms with Crippen LogP contribution in [0, 0.1) is 13.8 Å². The number of methoxy groups -OCH3 is 1. The van der Waals surface area contributed by atoms with Crippen molar-refractivity contribution in [1.82, 2.24) is 5.32 Å². The zero-order valence-corrected chi connectivity index (χ0v) is 14.0. The topological polar surface area (TPSA) is 51.5 Å². The molecule has 0 aliphatic heterocycles. The first-order chi connectivity index (χ1) is 10.3. The molecule has 1 amide bonds. The number of rotatable bonds is 4. The summed E-state index contributed by atoms with van der Waals surface area (Å²) in [6, 6.07) is 4.01. The third kappa shape index (κ3) is 3.16. The Morgan fingerprint density at radius 3 is 2.59 bits per heavy atom. The van der Waals surface area contributed by atoms with Crippen molar-refractivity contribution in [2.75, 3.05) is 7.11 Å². The van der Waals surface area contributed by atoms with E-state index in [1.54, 1.807) is 13.2 Å². The highest BCUT2D eigenvalue weighted by Crippen LogP contribution is 2.34. The molecule has 1 aromatic heterocycles. The third-order valence-corrected chi connectivity index (χ3v) is 3.70. The van der Waals surface area contributed by atoms with Crippen LogP contribution < -0.4 is 10.1 Å². The van der Waals surface area contributed by atoms with E-state index >= 15 is 0 Å². The average Bonchev–Trinajstić information content (AvgIpc) is 2.71. The number of amides is 1. The van der Waals surface area contributed by atoms with E-state index in [4.69, 9.17) is 9.15 Å². The molecule has 118 valence electrons. The van der Waals surface area contributed by atoms with E-state index in [0.29, 0.717) is 5.75 Å². The van der Waals surface area contributed by atoms with Gasteiger partial charge in [0.05, 0.1) is 7.11 Å². The predicted molar refractivity (Wildman–Crippen MR) is 89.2 cm³/mol. The first-order valence-corrected chi connectivity index (χ1v) is 7.40. The SMILES string of the molecule is COc1cc2oc(C)c(C)c2cc1/C(C)=C/C(=O)NC(C)C. The van der Waals surface area contributed by atoms with Crippen molar-refractivity contribution < 1.29 is 13.9 Å². The number of furan rings is 1. The van der Waals surface area contributed by atoms with E-state index in [1.807, 2.05) is 46.8 Å². The molecule has 0 unspecified atom stereocenters. The molecule has 1 N–H and O–H groups in total. The summed E-state index contributed by atoms with van der Waals surface area (Å²) < 4.78 is 11.2. The van der Waals surface area contributed by atoms with Gasteiger partial charge in [-0.3, -0.25) is 4.79 Å². The second-order valence-corrected chi connectivity index (χ2v) is 5.82. The first-order valence-electron chi connectivity index (χ1n) is 7.40. The number of carbonyl (C=O) groups excluding carboxylic acids is 1. The van der Waals surface area contributed by atoms with Crippen LogP contribution in [0.15, 0.2) is 22.6 Å². The minimum Gasteiger partial charge on any atom is -0.496 e. The minimum atomic E-state index is -0.102. The maximum absolute atomic E-state index is 11.9. The minimum absolute atomic E-state index is 0.102. The van der Waals surface area contributed by atoms with E-state index in [2.05, 4.69) is 5.32 Å². The number of nitrogens with one attached hydrogen (secondary N) is 1. The van der Waals surface area contributed by atoms with Gasteiger partial charge >= 0.3 is 0 Å². The molecule has 1 aromatic carbocycles. The van der Waals surface area contributed by atoms with Crippen LogP contribution in [0.25, 0.3) is 16.5 Å². The van der Waals surface area contributed by atoms with E-state index in [0.717, 1.165) is 33.4 Å². The molecule has 2 rings (SSSR count). The summed E-state index contributed by atoms with van der Waals surface area (Å²) in [4.78, 5) is 11.9. The van der Waals surface area contributed by atoms with Gasteiger partial charge in [0.15, 0.2) is 0 Å². The van der Waals surface area contributed by atoms with Gasteiger partial charge in [-0.05, 0) is 51.8 Å². The van der Waals surface area contributed by atoms with Gasteiger partial charge in [0, 0.05) is 29.1 Å². The van der Waals surface area contributed by atoms with Crippen LogP contribution in [0.5, 0.6) is 5.75 Å². The summed E-state index contributed by atoms with van der Waals surface area (Å²) >= 11 is 0. The van der Waals surface area contributed by atoms with Crippen LogP contribution in [0.4, 0.5) is 0 Å². The normalized spacial score (nSPS) is 12.0. The Kier molecular flexibility index (Phi) is 4.59. The molecule has 0 bridgehead atoms. The fourth-order valence-electron chi connectivity index (χ4n) is 2.45. The summed E-state index contributed by atoms with van der Waals surface area (Å²) in [6.07, 6.45) is 1.60. The Morgan fingerprint density at radius 2 is 2.00 bits per heavy atom. The van der Waals surface area contributed by atoms with Crippen LogP contribution in [-0.2, 0) is 4.79 Å². The highest BCUT2D eigenvalue weighted by atomic mass is 16.5. The molecular formula is C18H23NO3. The Morgan fingerprint density at radius 1 is 1.32 bits per heavy atom. The summed E-state index contributed by atoms with van der Waals surface area (Å²) in [5.74, 6) is 1.50. The number of hydrogen-bond donors (Lipinski definition) is 1. The summed E-state index contributed by atoms with van der Waals surface area (Å²) in [6.45, 7) is 9.75. The van der Waals surface area contributed by atoms with Gasteiger partial charge in [0.25, 0.3) is 0 Å². The van der Waals surface area contributed by atoms with Crippen LogP contribution in [0.3, 0.4) is 0 Å². The molecule has 4 heteroatoms. The lowest BCUT2D eigenvalue weighted by Crippen LogP contribution is -2.28. The van der Waals surface area contributed by atoms with E-state index < -0.39 is 0 Å². The third-order valence-electron chi connectivity index (χ3n) is 3.70. The van der Waals surface area contributed by atoms with E-state index in [1.165, 1.54) is 0 Å². The lowest BCUT2D eigenvalue weighted by atomic mass is 10.0. The first kappa shape index (κ1) is 16.1. The number of ether oxygens (including phenoxy) is 1. The largest absolute Gasteiger partial charge is 0.496 e. The van der Waals surface area contributed by atoms with Crippen LogP contribution in [0.1, 0.15) is 37.7 Å². The van der Waals surface area contributed by atoms with Gasteiger partial charge in [-0.25, -0.2) is 0 Å². The van der Waals surface area contributed by atoms with Crippen molar-refractivity contribution in [2.24, 2.45) is 0 Å². The number of fused-ring (bicyclic) bond motifs is 1. The van der Waals surface area contributed by atoms with Gasteiger partial charge < -0.3 is 14.5 Å². The molecule has 0 saturated carbocycles. The number of carbonyl (C=O) groups is 1. The lowest BCUT2D eigenvalue weighted by Gasteiger charge is -2.10. The molecular weight excluding hydrogens is 278 g/mol. The predicted octanol–water partition coefficient (Wildman–Crippen LogP) is 3.99. The number of hydrogen-bond acceptors (Lipinski definition) is 3. The smallest absolute Gasteiger partial charge is 0.244 e. The molecule has 2 aromatic rings. The monoisotopic (exact) mass is 301 g/mol. The van der Waals surface area contributed by atoms with Crippen molar-refractivity contribution in [1.29, 1.82) is 0 Å². The van der Waals surface area contributed by atoms with Crippen molar-refractivity contribution in [3.8, 4) is 5.75 Å². The second kappa shape index (κ2) is 6.26. The quantitative estimate of drug-likeness (QED) is 0.869. The van der Waals surface area contributed by atoms with E-state index in [9.17, 15) is 4.79 Å². The Balaban J connectivity index is 2.51. The maximum atomic E-state index is 11.9. The molecule has 0 atom stereocenters. The lowest BCUT2D eigenvalue weighted by molar-refractivity contribution is -0.116. The maximum Gasteiger partial charge on any atom is 0.244 e. The van der Waals surface area contributed by atoms with Crippen molar-refractivity contribution in [3.63, 3.8) is 0 Å². The highest BCUT2D eigenvalue weighted by molar-refractivity contribution is 5.97. The molecule has 4 nitrogen and oxygen atoms in total. The molecule has 0 radical (unpaired) electrons. The molecule has 22 heavy (non-hydrogen) atoms. The van der Waals surface area contributed by atoms with Crippen molar-refractivity contribution >= 4 is 22.4 Å². The fourth-order valence-corrected chi connectivity index (χ4v) is 2.45. The van der Waals surface area contributed by atoms with E-state index in [-0.39, 0.29) is 11.9 Å². The standard InChI is InChI=1S/C18H23NO3/c1-10(2)19-18(20)7-11(3)14-8-15-12(4)13(5)22-17(15)9-16(14)21-6/h7-10H,1-6H3,(H,19,20)/b11-7+. The van der Waals surface area contributed by atoms with Gasteiger partial charge in [0.1, 0.15) is 17.1 Å². The van der Waals surface area contributed by atoms with Gasteiger partial charge in [-0.1, -0.05) is 0 Å². The zero-order valence-electron chi connectivity index (χ0n) is 14.0. The van der Waals surface area contributed by atoms with Gasteiger partial charge in [0.2, 0.25) is 5.91 Å². The molecule has 1 heterocycles.